The molecule has 1 fully saturated rings. The molecule has 0 amide bonds. The Balaban J connectivity index is 1.54. The zero-order valence-corrected chi connectivity index (χ0v) is 15.8. The third kappa shape index (κ3) is 3.17. The van der Waals surface area contributed by atoms with E-state index in [9.17, 15) is 10.1 Å². The summed E-state index contributed by atoms with van der Waals surface area (Å²) in [7, 11) is 0. The number of benzene rings is 1. The van der Waals surface area contributed by atoms with Gasteiger partial charge in [0.25, 0.3) is 0 Å². The van der Waals surface area contributed by atoms with Crippen LogP contribution in [0.3, 0.4) is 0 Å². The van der Waals surface area contributed by atoms with Gasteiger partial charge in [0.15, 0.2) is 17.2 Å². The summed E-state index contributed by atoms with van der Waals surface area (Å²) in [5.41, 5.74) is 1.33. The summed E-state index contributed by atoms with van der Waals surface area (Å²) in [6.07, 6.45) is 0. The fourth-order valence-electron chi connectivity index (χ4n) is 3.45. The number of para-hydroxylation sites is 1. The van der Waals surface area contributed by atoms with E-state index in [-0.39, 0.29) is 10.6 Å². The molecule has 3 heterocycles. The summed E-state index contributed by atoms with van der Waals surface area (Å²) in [6.45, 7) is 6.77. The molecule has 0 N–H and O–H groups in total. The Morgan fingerprint density at radius 3 is 2.57 bits per heavy atom. The SMILES string of the molecule is CCOc1cccc(N2CCN(c3ccc4nnc(C)n4n3)CC2)c1[N+](=O)[O-]. The molecule has 146 valence electrons. The molecule has 0 saturated carbocycles. The third-order valence-corrected chi connectivity index (χ3v) is 4.81. The molecule has 10 nitrogen and oxygen atoms in total. The zero-order chi connectivity index (χ0) is 19.7. The topological polar surface area (TPSA) is 102 Å². The molecule has 0 spiro atoms. The van der Waals surface area contributed by atoms with Crippen LogP contribution in [0.5, 0.6) is 5.75 Å². The van der Waals surface area contributed by atoms with Gasteiger partial charge >= 0.3 is 5.69 Å². The second kappa shape index (κ2) is 7.29. The van der Waals surface area contributed by atoms with Gasteiger partial charge in [-0.3, -0.25) is 10.1 Å². The van der Waals surface area contributed by atoms with E-state index < -0.39 is 0 Å². The van der Waals surface area contributed by atoms with Crippen LogP contribution in [0.15, 0.2) is 30.3 Å². The second-order valence-electron chi connectivity index (χ2n) is 6.50. The van der Waals surface area contributed by atoms with Crippen LogP contribution in [0.2, 0.25) is 0 Å². The second-order valence-corrected chi connectivity index (χ2v) is 6.50. The number of fused-ring (bicyclic) bond motifs is 1. The molecule has 0 atom stereocenters. The van der Waals surface area contributed by atoms with E-state index >= 15 is 0 Å². The van der Waals surface area contributed by atoms with Gasteiger partial charge in [-0.25, -0.2) is 0 Å². The summed E-state index contributed by atoms with van der Waals surface area (Å²) < 4.78 is 7.18. The van der Waals surface area contributed by atoms with Crippen molar-refractivity contribution in [1.29, 1.82) is 0 Å². The minimum absolute atomic E-state index is 0.0254. The first-order chi connectivity index (χ1) is 13.6. The van der Waals surface area contributed by atoms with Gasteiger partial charge in [0.05, 0.1) is 11.5 Å². The third-order valence-electron chi connectivity index (χ3n) is 4.81. The molecule has 1 saturated heterocycles. The van der Waals surface area contributed by atoms with Gasteiger partial charge in [-0.05, 0) is 38.1 Å². The van der Waals surface area contributed by atoms with Gasteiger partial charge in [-0.2, -0.15) is 4.52 Å². The van der Waals surface area contributed by atoms with Crippen molar-refractivity contribution in [3.05, 3.63) is 46.3 Å². The molecule has 2 aromatic heterocycles. The maximum atomic E-state index is 11.6. The van der Waals surface area contributed by atoms with E-state index in [2.05, 4.69) is 20.2 Å². The monoisotopic (exact) mass is 383 g/mol. The van der Waals surface area contributed by atoms with Crippen LogP contribution >= 0.6 is 0 Å². The summed E-state index contributed by atoms with van der Waals surface area (Å²) in [5, 5.41) is 24.3. The maximum Gasteiger partial charge on any atom is 0.333 e. The number of nitro groups is 1. The summed E-state index contributed by atoms with van der Waals surface area (Å²) >= 11 is 0. The molecule has 1 aromatic carbocycles. The number of piperazine rings is 1. The number of nitro benzene ring substituents is 1. The Bertz CT molecular complexity index is 1010. The number of anilines is 2. The number of ether oxygens (including phenoxy) is 1. The van der Waals surface area contributed by atoms with Crippen molar-refractivity contribution < 1.29 is 9.66 Å². The van der Waals surface area contributed by atoms with Crippen molar-refractivity contribution in [2.75, 3.05) is 42.6 Å². The van der Waals surface area contributed by atoms with Gasteiger partial charge in [0.1, 0.15) is 11.5 Å². The van der Waals surface area contributed by atoms with Crippen molar-refractivity contribution in [3.63, 3.8) is 0 Å². The standard InChI is InChI=1S/C18H21N7O3/c1-3-28-15-6-4-5-14(18(15)25(26)27)22-9-11-23(12-10-22)17-8-7-16-20-19-13(2)24(16)21-17/h4-8H,3,9-12H2,1-2H3. The predicted molar refractivity (Wildman–Crippen MR) is 104 cm³/mol. The van der Waals surface area contributed by atoms with E-state index in [1.54, 1.807) is 22.7 Å². The summed E-state index contributed by atoms with van der Waals surface area (Å²) in [6, 6.07) is 9.04. The van der Waals surface area contributed by atoms with Crippen molar-refractivity contribution >= 4 is 22.8 Å². The highest BCUT2D eigenvalue weighted by atomic mass is 16.6. The van der Waals surface area contributed by atoms with E-state index in [0.717, 1.165) is 11.6 Å². The van der Waals surface area contributed by atoms with Crippen LogP contribution in [0, 0.1) is 17.0 Å². The Morgan fingerprint density at radius 2 is 1.86 bits per heavy atom. The maximum absolute atomic E-state index is 11.6. The van der Waals surface area contributed by atoms with Crippen molar-refractivity contribution in [1.82, 2.24) is 19.8 Å². The summed E-state index contributed by atoms with van der Waals surface area (Å²) in [4.78, 5) is 15.5. The number of aryl methyl sites for hydroxylation is 1. The van der Waals surface area contributed by atoms with Crippen molar-refractivity contribution in [2.24, 2.45) is 0 Å². The van der Waals surface area contributed by atoms with Crippen LogP contribution in [0.25, 0.3) is 5.65 Å². The van der Waals surface area contributed by atoms with Crippen LogP contribution < -0.4 is 14.5 Å². The zero-order valence-electron chi connectivity index (χ0n) is 15.8. The van der Waals surface area contributed by atoms with Crippen molar-refractivity contribution in [3.8, 4) is 5.75 Å². The Kier molecular flexibility index (Phi) is 4.68. The molecule has 0 aliphatic carbocycles. The van der Waals surface area contributed by atoms with Crippen LogP contribution in [-0.2, 0) is 0 Å². The van der Waals surface area contributed by atoms with Gasteiger partial charge in [-0.15, -0.1) is 15.3 Å². The predicted octanol–water partition coefficient (Wildman–Crippen LogP) is 2.07. The first-order valence-corrected chi connectivity index (χ1v) is 9.17. The highest BCUT2D eigenvalue weighted by Gasteiger charge is 2.28. The van der Waals surface area contributed by atoms with E-state index in [4.69, 9.17) is 4.74 Å². The fraction of sp³-hybridized carbons (Fsp3) is 0.389. The molecule has 0 radical (unpaired) electrons. The lowest BCUT2D eigenvalue weighted by Gasteiger charge is -2.36. The van der Waals surface area contributed by atoms with Gasteiger partial charge in [0, 0.05) is 26.2 Å². The lowest BCUT2D eigenvalue weighted by Crippen LogP contribution is -2.47. The Hall–Kier alpha value is -3.43. The Labute approximate surface area is 161 Å². The average Bonchev–Trinajstić information content (AvgIpc) is 3.08. The molecular formula is C18H21N7O3. The van der Waals surface area contributed by atoms with E-state index in [1.807, 2.05) is 30.9 Å². The Morgan fingerprint density at radius 1 is 1.11 bits per heavy atom. The van der Waals surface area contributed by atoms with E-state index in [0.29, 0.717) is 49.9 Å². The smallest absolute Gasteiger partial charge is 0.333 e. The number of rotatable bonds is 5. The van der Waals surface area contributed by atoms with Gasteiger partial charge in [0.2, 0.25) is 0 Å². The fourth-order valence-corrected chi connectivity index (χ4v) is 3.45. The highest BCUT2D eigenvalue weighted by Crippen LogP contribution is 2.37. The average molecular weight is 383 g/mol. The normalized spacial score (nSPS) is 14.5. The molecule has 3 aromatic rings. The van der Waals surface area contributed by atoms with Crippen LogP contribution in [-0.4, -0.2) is 57.5 Å². The van der Waals surface area contributed by atoms with Crippen LogP contribution in [0.4, 0.5) is 17.2 Å². The minimum Gasteiger partial charge on any atom is -0.487 e. The molecule has 0 bridgehead atoms. The highest BCUT2D eigenvalue weighted by molar-refractivity contribution is 5.70. The number of hydrogen-bond acceptors (Lipinski definition) is 8. The molecular weight excluding hydrogens is 362 g/mol. The minimum atomic E-state index is -0.364. The van der Waals surface area contributed by atoms with Gasteiger partial charge < -0.3 is 14.5 Å². The van der Waals surface area contributed by atoms with Crippen molar-refractivity contribution in [2.45, 2.75) is 13.8 Å². The van der Waals surface area contributed by atoms with Crippen LogP contribution in [0.1, 0.15) is 12.7 Å². The molecule has 1 aliphatic rings. The molecule has 28 heavy (non-hydrogen) atoms. The first kappa shape index (κ1) is 18.0. The molecule has 10 heteroatoms. The van der Waals surface area contributed by atoms with Gasteiger partial charge in [-0.1, -0.05) is 6.07 Å². The number of aromatic nitrogens is 4. The molecule has 0 unspecified atom stereocenters. The lowest BCUT2D eigenvalue weighted by molar-refractivity contribution is -0.385. The molecule has 1 aliphatic heterocycles. The summed E-state index contributed by atoms with van der Waals surface area (Å²) in [5.74, 6) is 1.88. The number of nitrogens with zero attached hydrogens (tertiary/aromatic N) is 7. The largest absolute Gasteiger partial charge is 0.487 e. The van der Waals surface area contributed by atoms with E-state index in [1.165, 1.54) is 0 Å². The lowest BCUT2D eigenvalue weighted by atomic mass is 10.2. The quantitative estimate of drug-likeness (QED) is 0.487. The first-order valence-electron chi connectivity index (χ1n) is 9.17. The number of hydrogen-bond donors (Lipinski definition) is 0. The molecule has 4 rings (SSSR count).